The van der Waals surface area contributed by atoms with Gasteiger partial charge in [-0.1, -0.05) is 13.3 Å². The van der Waals surface area contributed by atoms with Crippen molar-refractivity contribution in [3.63, 3.8) is 0 Å². The lowest BCUT2D eigenvalue weighted by atomic mass is 9.81. The second-order valence-corrected chi connectivity index (χ2v) is 3.78. The Morgan fingerprint density at radius 3 is 2.38 bits per heavy atom. The van der Waals surface area contributed by atoms with Gasteiger partial charge in [-0.3, -0.25) is 0 Å². The Hall–Kier alpha value is -0.120. The van der Waals surface area contributed by atoms with Crippen LogP contribution in [0.3, 0.4) is 0 Å². The maximum absolute atomic E-state index is 9.87. The molecule has 1 N–H and O–H groups in total. The van der Waals surface area contributed by atoms with Crippen LogP contribution in [0.25, 0.3) is 0 Å². The lowest BCUT2D eigenvalue weighted by molar-refractivity contribution is -0.277. The Morgan fingerprint density at radius 2 is 2.00 bits per heavy atom. The summed E-state index contributed by atoms with van der Waals surface area (Å²) in [6, 6.07) is 0. The molecule has 1 aliphatic carbocycles. The van der Waals surface area contributed by atoms with Gasteiger partial charge < -0.3 is 14.6 Å². The van der Waals surface area contributed by atoms with Gasteiger partial charge in [0.1, 0.15) is 6.10 Å². The molecule has 0 aliphatic heterocycles. The highest BCUT2D eigenvalue weighted by molar-refractivity contribution is 4.86. The summed E-state index contributed by atoms with van der Waals surface area (Å²) in [5.41, 5.74) is 0. The molecule has 0 bridgehead atoms. The van der Waals surface area contributed by atoms with Crippen LogP contribution in [0.1, 0.15) is 32.6 Å². The molecular weight excluding hydrogens is 168 g/mol. The molecule has 0 aromatic carbocycles. The van der Waals surface area contributed by atoms with E-state index in [4.69, 9.17) is 9.47 Å². The topological polar surface area (TPSA) is 38.7 Å². The van der Waals surface area contributed by atoms with Gasteiger partial charge in [0.2, 0.25) is 0 Å². The first-order valence-corrected chi connectivity index (χ1v) is 4.97. The summed E-state index contributed by atoms with van der Waals surface area (Å²) in [5, 5.41) is 9.87. The van der Waals surface area contributed by atoms with Crippen LogP contribution in [0.15, 0.2) is 0 Å². The standard InChI is InChI=1S/C10H20O3/c1-4-8-5-6-10(12-2,13-3)9(11)7-8/h8-9,11H,4-7H2,1-3H3/t8-,9-/m1/s1. The van der Waals surface area contributed by atoms with Crippen LogP contribution in [0.2, 0.25) is 0 Å². The van der Waals surface area contributed by atoms with E-state index in [1.807, 2.05) is 0 Å². The quantitative estimate of drug-likeness (QED) is 0.683. The second kappa shape index (κ2) is 4.40. The van der Waals surface area contributed by atoms with Gasteiger partial charge in [0.15, 0.2) is 5.79 Å². The molecule has 3 nitrogen and oxygen atoms in total. The van der Waals surface area contributed by atoms with Gasteiger partial charge in [-0.2, -0.15) is 0 Å². The molecule has 0 spiro atoms. The summed E-state index contributed by atoms with van der Waals surface area (Å²) >= 11 is 0. The molecule has 1 rings (SSSR count). The minimum Gasteiger partial charge on any atom is -0.387 e. The molecule has 0 radical (unpaired) electrons. The first-order valence-electron chi connectivity index (χ1n) is 4.97. The van der Waals surface area contributed by atoms with E-state index in [0.29, 0.717) is 5.92 Å². The van der Waals surface area contributed by atoms with Gasteiger partial charge in [-0.25, -0.2) is 0 Å². The molecule has 0 heterocycles. The van der Waals surface area contributed by atoms with Crippen molar-refractivity contribution in [3.8, 4) is 0 Å². The maximum Gasteiger partial charge on any atom is 0.193 e. The molecule has 0 aromatic heterocycles. The fraction of sp³-hybridized carbons (Fsp3) is 1.00. The van der Waals surface area contributed by atoms with Crippen molar-refractivity contribution in [1.82, 2.24) is 0 Å². The van der Waals surface area contributed by atoms with Crippen molar-refractivity contribution in [1.29, 1.82) is 0 Å². The first-order chi connectivity index (χ1) is 6.18. The van der Waals surface area contributed by atoms with E-state index < -0.39 is 11.9 Å². The minimum absolute atomic E-state index is 0.485. The Bertz CT molecular complexity index is 154. The SMILES string of the molecule is CC[C@@H]1CCC(OC)(OC)[C@H](O)C1. The highest BCUT2D eigenvalue weighted by atomic mass is 16.7. The molecule has 0 unspecified atom stereocenters. The third-order valence-electron chi connectivity index (χ3n) is 3.23. The average Bonchev–Trinajstić information content (AvgIpc) is 2.18. The van der Waals surface area contributed by atoms with Crippen LogP contribution in [0.4, 0.5) is 0 Å². The van der Waals surface area contributed by atoms with Crippen LogP contribution in [-0.2, 0) is 9.47 Å². The minimum atomic E-state index is -0.744. The Balaban J connectivity index is 2.60. The fourth-order valence-electron chi connectivity index (χ4n) is 2.12. The number of aliphatic hydroxyl groups is 1. The molecule has 1 aliphatic rings. The van der Waals surface area contributed by atoms with E-state index in [0.717, 1.165) is 25.7 Å². The van der Waals surface area contributed by atoms with Gasteiger partial charge in [0.25, 0.3) is 0 Å². The van der Waals surface area contributed by atoms with Crippen molar-refractivity contribution in [2.45, 2.75) is 44.5 Å². The smallest absolute Gasteiger partial charge is 0.193 e. The molecule has 0 aromatic rings. The van der Waals surface area contributed by atoms with E-state index in [-0.39, 0.29) is 0 Å². The Morgan fingerprint density at radius 1 is 1.38 bits per heavy atom. The van der Waals surface area contributed by atoms with Crippen molar-refractivity contribution in [3.05, 3.63) is 0 Å². The zero-order valence-electron chi connectivity index (χ0n) is 8.75. The largest absolute Gasteiger partial charge is 0.387 e. The van der Waals surface area contributed by atoms with Crippen LogP contribution in [-0.4, -0.2) is 31.2 Å². The van der Waals surface area contributed by atoms with E-state index in [1.165, 1.54) is 0 Å². The molecular formula is C10H20O3. The maximum atomic E-state index is 9.87. The van der Waals surface area contributed by atoms with Crippen molar-refractivity contribution >= 4 is 0 Å². The fourth-order valence-corrected chi connectivity index (χ4v) is 2.12. The zero-order valence-corrected chi connectivity index (χ0v) is 8.75. The van der Waals surface area contributed by atoms with Gasteiger partial charge in [0.05, 0.1) is 0 Å². The third-order valence-corrected chi connectivity index (χ3v) is 3.23. The molecule has 78 valence electrons. The summed E-state index contributed by atoms with van der Waals surface area (Å²) in [6.45, 7) is 2.16. The summed E-state index contributed by atoms with van der Waals surface area (Å²) in [4.78, 5) is 0. The number of methoxy groups -OCH3 is 2. The van der Waals surface area contributed by atoms with Crippen LogP contribution in [0, 0.1) is 5.92 Å². The summed E-state index contributed by atoms with van der Waals surface area (Å²) in [5.74, 6) is -0.125. The molecule has 0 amide bonds. The predicted molar refractivity (Wildman–Crippen MR) is 50.4 cm³/mol. The summed E-state index contributed by atoms with van der Waals surface area (Å²) in [7, 11) is 3.19. The molecule has 1 saturated carbocycles. The monoisotopic (exact) mass is 188 g/mol. The Labute approximate surface area is 80.0 Å². The van der Waals surface area contributed by atoms with Crippen LogP contribution in [0.5, 0.6) is 0 Å². The lowest BCUT2D eigenvalue weighted by Gasteiger charge is -2.41. The van der Waals surface area contributed by atoms with E-state index in [2.05, 4.69) is 6.92 Å². The van der Waals surface area contributed by atoms with Crippen LogP contribution >= 0.6 is 0 Å². The summed E-state index contributed by atoms with van der Waals surface area (Å²) < 4.78 is 10.5. The van der Waals surface area contributed by atoms with Crippen LogP contribution < -0.4 is 0 Å². The van der Waals surface area contributed by atoms with Gasteiger partial charge in [-0.15, -0.1) is 0 Å². The van der Waals surface area contributed by atoms with Crippen molar-refractivity contribution < 1.29 is 14.6 Å². The number of aliphatic hydroxyl groups excluding tert-OH is 1. The Kier molecular flexibility index (Phi) is 3.71. The predicted octanol–water partition coefficient (Wildman–Crippen LogP) is 1.55. The molecule has 0 saturated heterocycles. The first kappa shape index (κ1) is 11.0. The van der Waals surface area contributed by atoms with Crippen molar-refractivity contribution in [2.24, 2.45) is 5.92 Å². The molecule has 1 fully saturated rings. The molecule has 2 atom stereocenters. The van der Waals surface area contributed by atoms with Gasteiger partial charge in [-0.05, 0) is 18.8 Å². The molecule has 13 heavy (non-hydrogen) atoms. The normalized spacial score (nSPS) is 33.2. The third kappa shape index (κ3) is 2.03. The van der Waals surface area contributed by atoms with Gasteiger partial charge in [0, 0.05) is 20.6 Å². The number of ether oxygens (including phenoxy) is 2. The van der Waals surface area contributed by atoms with E-state index in [1.54, 1.807) is 14.2 Å². The summed E-state index contributed by atoms with van der Waals surface area (Å²) in [6.07, 6.45) is 3.30. The second-order valence-electron chi connectivity index (χ2n) is 3.78. The van der Waals surface area contributed by atoms with E-state index in [9.17, 15) is 5.11 Å². The zero-order chi connectivity index (χ0) is 9.90. The van der Waals surface area contributed by atoms with E-state index >= 15 is 0 Å². The number of rotatable bonds is 3. The lowest BCUT2D eigenvalue weighted by Crippen LogP contribution is -2.50. The number of hydrogen-bond acceptors (Lipinski definition) is 3. The number of hydrogen-bond donors (Lipinski definition) is 1. The highest BCUT2D eigenvalue weighted by Crippen LogP contribution is 2.36. The van der Waals surface area contributed by atoms with Gasteiger partial charge >= 0.3 is 0 Å². The average molecular weight is 188 g/mol. The van der Waals surface area contributed by atoms with Crippen molar-refractivity contribution in [2.75, 3.05) is 14.2 Å². The molecule has 3 heteroatoms. The highest BCUT2D eigenvalue weighted by Gasteiger charge is 2.42.